The molecule has 4 rings (SSSR count). The summed E-state index contributed by atoms with van der Waals surface area (Å²) in [4.78, 5) is 47.8. The van der Waals surface area contributed by atoms with Crippen LogP contribution in [-0.4, -0.2) is 69.5 Å². The summed E-state index contributed by atoms with van der Waals surface area (Å²) in [5, 5.41) is 2.41. The highest BCUT2D eigenvalue weighted by Gasteiger charge is 2.29. The van der Waals surface area contributed by atoms with Gasteiger partial charge in [-0.25, -0.2) is 9.78 Å². The molecule has 1 unspecified atom stereocenters. The van der Waals surface area contributed by atoms with Gasteiger partial charge in [0.15, 0.2) is 0 Å². The summed E-state index contributed by atoms with van der Waals surface area (Å²) in [7, 11) is 0. The van der Waals surface area contributed by atoms with E-state index in [1.807, 2.05) is 39.0 Å². The molecule has 2 aliphatic heterocycles. The van der Waals surface area contributed by atoms with Gasteiger partial charge in [0.1, 0.15) is 11.4 Å². The van der Waals surface area contributed by atoms with Crippen LogP contribution in [0.25, 0.3) is 11.0 Å². The van der Waals surface area contributed by atoms with E-state index in [-0.39, 0.29) is 23.8 Å². The SMILES string of the molecule is CC(C)(C)OC(=O)N1CCN(Cc2nc3cc(C4CCC(=O)NC4=O)ccc3[nH]2)CC1. The Balaban J connectivity index is 1.37. The monoisotopic (exact) mass is 427 g/mol. The van der Waals surface area contributed by atoms with Crippen molar-refractivity contribution in [1.29, 1.82) is 0 Å². The fourth-order valence-corrected chi connectivity index (χ4v) is 4.01. The smallest absolute Gasteiger partial charge is 0.410 e. The lowest BCUT2D eigenvalue weighted by Crippen LogP contribution is -2.49. The first-order chi connectivity index (χ1) is 14.7. The highest BCUT2D eigenvalue weighted by atomic mass is 16.6. The number of imide groups is 1. The molecule has 3 heterocycles. The van der Waals surface area contributed by atoms with Gasteiger partial charge in [0.2, 0.25) is 11.8 Å². The van der Waals surface area contributed by atoms with E-state index < -0.39 is 5.60 Å². The number of hydrogen-bond acceptors (Lipinski definition) is 6. The van der Waals surface area contributed by atoms with Gasteiger partial charge in [0.05, 0.1) is 23.5 Å². The van der Waals surface area contributed by atoms with Crippen LogP contribution in [0.1, 0.15) is 50.9 Å². The first kappa shape index (κ1) is 21.3. The van der Waals surface area contributed by atoms with Gasteiger partial charge in [-0.2, -0.15) is 0 Å². The highest BCUT2D eigenvalue weighted by molar-refractivity contribution is 6.01. The summed E-state index contributed by atoms with van der Waals surface area (Å²) in [6.45, 7) is 9.00. The quantitative estimate of drug-likeness (QED) is 0.727. The Labute approximate surface area is 181 Å². The maximum absolute atomic E-state index is 12.2. The Hall–Kier alpha value is -2.94. The zero-order valence-corrected chi connectivity index (χ0v) is 18.2. The molecule has 2 saturated heterocycles. The Morgan fingerprint density at radius 3 is 2.61 bits per heavy atom. The summed E-state index contributed by atoms with van der Waals surface area (Å²) >= 11 is 0. The third kappa shape index (κ3) is 5.04. The average molecular weight is 428 g/mol. The van der Waals surface area contributed by atoms with Gasteiger partial charge < -0.3 is 14.6 Å². The molecule has 9 nitrogen and oxygen atoms in total. The van der Waals surface area contributed by atoms with Crippen LogP contribution in [0.3, 0.4) is 0 Å². The zero-order valence-electron chi connectivity index (χ0n) is 18.2. The number of ether oxygens (including phenoxy) is 1. The lowest BCUT2D eigenvalue weighted by molar-refractivity contribution is -0.134. The van der Waals surface area contributed by atoms with Gasteiger partial charge in [-0.05, 0) is 44.9 Å². The molecule has 9 heteroatoms. The molecule has 0 saturated carbocycles. The Morgan fingerprint density at radius 2 is 1.94 bits per heavy atom. The number of fused-ring (bicyclic) bond motifs is 1. The third-order valence-electron chi connectivity index (χ3n) is 5.60. The van der Waals surface area contributed by atoms with E-state index in [1.54, 1.807) is 4.90 Å². The van der Waals surface area contributed by atoms with Gasteiger partial charge >= 0.3 is 6.09 Å². The number of nitrogens with zero attached hydrogens (tertiary/aromatic N) is 3. The number of hydrogen-bond donors (Lipinski definition) is 2. The van der Waals surface area contributed by atoms with Crippen LogP contribution >= 0.6 is 0 Å². The van der Waals surface area contributed by atoms with Crippen molar-refractivity contribution in [3.63, 3.8) is 0 Å². The van der Waals surface area contributed by atoms with Crippen molar-refractivity contribution in [3.8, 4) is 0 Å². The molecular formula is C22H29N5O4. The number of aromatic nitrogens is 2. The van der Waals surface area contributed by atoms with Crippen molar-refractivity contribution in [2.45, 2.75) is 51.7 Å². The molecule has 2 fully saturated rings. The number of carbonyl (C=O) groups is 3. The van der Waals surface area contributed by atoms with E-state index in [0.717, 1.165) is 35.5 Å². The summed E-state index contributed by atoms with van der Waals surface area (Å²) in [5.41, 5.74) is 2.11. The second kappa shape index (κ2) is 8.30. The van der Waals surface area contributed by atoms with Crippen molar-refractivity contribution in [3.05, 3.63) is 29.6 Å². The van der Waals surface area contributed by atoms with Crippen LogP contribution in [0.4, 0.5) is 4.79 Å². The average Bonchev–Trinajstić information content (AvgIpc) is 3.08. The van der Waals surface area contributed by atoms with Gasteiger partial charge in [0, 0.05) is 32.6 Å². The molecule has 3 amide bonds. The van der Waals surface area contributed by atoms with Crippen molar-refractivity contribution in [2.24, 2.45) is 0 Å². The number of aromatic amines is 1. The van der Waals surface area contributed by atoms with Crippen LogP contribution in [0, 0.1) is 0 Å². The van der Waals surface area contributed by atoms with E-state index in [9.17, 15) is 14.4 Å². The van der Waals surface area contributed by atoms with Gasteiger partial charge in [-0.3, -0.25) is 19.8 Å². The van der Waals surface area contributed by atoms with E-state index >= 15 is 0 Å². The number of benzene rings is 1. The minimum atomic E-state index is -0.491. The predicted molar refractivity (Wildman–Crippen MR) is 114 cm³/mol. The maximum Gasteiger partial charge on any atom is 0.410 e. The summed E-state index contributed by atoms with van der Waals surface area (Å²) in [6, 6.07) is 5.78. The molecule has 31 heavy (non-hydrogen) atoms. The topological polar surface area (TPSA) is 108 Å². The number of rotatable bonds is 3. The zero-order chi connectivity index (χ0) is 22.2. The van der Waals surface area contributed by atoms with Crippen molar-refractivity contribution in [2.75, 3.05) is 26.2 Å². The molecule has 0 radical (unpaired) electrons. The van der Waals surface area contributed by atoms with Crippen LogP contribution < -0.4 is 5.32 Å². The largest absolute Gasteiger partial charge is 0.444 e. The molecule has 0 bridgehead atoms. The molecule has 166 valence electrons. The van der Waals surface area contributed by atoms with Crippen molar-refractivity contribution in [1.82, 2.24) is 25.1 Å². The highest BCUT2D eigenvalue weighted by Crippen LogP contribution is 2.27. The van der Waals surface area contributed by atoms with Crippen LogP contribution in [0.15, 0.2) is 18.2 Å². The van der Waals surface area contributed by atoms with E-state index in [1.165, 1.54) is 0 Å². The van der Waals surface area contributed by atoms with E-state index in [0.29, 0.717) is 32.5 Å². The minimum Gasteiger partial charge on any atom is -0.444 e. The second-order valence-electron chi connectivity index (χ2n) is 9.21. The number of piperazine rings is 1. The molecule has 0 aliphatic carbocycles. The van der Waals surface area contributed by atoms with Crippen LogP contribution in [-0.2, 0) is 20.9 Å². The van der Waals surface area contributed by atoms with Gasteiger partial charge in [-0.1, -0.05) is 6.07 Å². The summed E-state index contributed by atoms with van der Waals surface area (Å²) in [5.74, 6) is 0.0784. The molecule has 1 aromatic carbocycles. The normalized spacial score (nSPS) is 20.7. The van der Waals surface area contributed by atoms with Crippen molar-refractivity contribution < 1.29 is 19.1 Å². The molecule has 1 atom stereocenters. The predicted octanol–water partition coefficient (Wildman–Crippen LogP) is 2.14. The Morgan fingerprint density at radius 1 is 1.19 bits per heavy atom. The number of piperidine rings is 1. The molecular weight excluding hydrogens is 398 g/mol. The first-order valence-electron chi connectivity index (χ1n) is 10.7. The van der Waals surface area contributed by atoms with Crippen LogP contribution in [0.2, 0.25) is 0 Å². The maximum atomic E-state index is 12.2. The van der Waals surface area contributed by atoms with Crippen LogP contribution in [0.5, 0.6) is 0 Å². The number of nitrogens with one attached hydrogen (secondary N) is 2. The number of amides is 3. The lowest BCUT2D eigenvalue weighted by atomic mass is 9.90. The number of H-pyrrole nitrogens is 1. The molecule has 2 N–H and O–H groups in total. The standard InChI is InChI=1S/C22H29N5O4/c1-22(2,3)31-21(30)27-10-8-26(9-11-27)13-18-23-16-6-4-14(12-17(16)24-18)15-5-7-19(28)25-20(15)29/h4,6,12,15H,5,7-11,13H2,1-3H3,(H,23,24)(H,25,28,29). The summed E-state index contributed by atoms with van der Waals surface area (Å²) < 4.78 is 5.45. The fourth-order valence-electron chi connectivity index (χ4n) is 4.01. The Kier molecular flexibility index (Phi) is 5.70. The number of imidazole rings is 1. The second-order valence-corrected chi connectivity index (χ2v) is 9.21. The van der Waals surface area contributed by atoms with E-state index in [4.69, 9.17) is 9.72 Å². The minimum absolute atomic E-state index is 0.212. The van der Waals surface area contributed by atoms with Gasteiger partial charge in [0.25, 0.3) is 0 Å². The fraction of sp³-hybridized carbons (Fsp3) is 0.545. The first-order valence-corrected chi connectivity index (χ1v) is 10.7. The molecule has 2 aliphatic rings. The molecule has 0 spiro atoms. The lowest BCUT2D eigenvalue weighted by Gasteiger charge is -2.35. The number of carbonyl (C=O) groups excluding carboxylic acids is 3. The van der Waals surface area contributed by atoms with E-state index in [2.05, 4.69) is 15.2 Å². The van der Waals surface area contributed by atoms with Crippen molar-refractivity contribution >= 4 is 28.9 Å². The van der Waals surface area contributed by atoms with Gasteiger partial charge in [-0.15, -0.1) is 0 Å². The third-order valence-corrected chi connectivity index (χ3v) is 5.60. The molecule has 1 aromatic heterocycles. The Bertz CT molecular complexity index is 1000. The summed E-state index contributed by atoms with van der Waals surface area (Å²) in [6.07, 6.45) is 0.613. The molecule has 2 aromatic rings.